The molecule has 2 bridgehead atoms. The number of hydrogen-bond acceptors (Lipinski definition) is 4. The summed E-state index contributed by atoms with van der Waals surface area (Å²) in [5, 5.41) is 12.1. The third-order valence-electron chi connectivity index (χ3n) is 10.8. The Labute approximate surface area is 222 Å². The maximum absolute atomic E-state index is 12.1. The zero-order chi connectivity index (χ0) is 27.3. The van der Waals surface area contributed by atoms with Crippen LogP contribution < -0.4 is 0 Å². The lowest BCUT2D eigenvalue weighted by Crippen LogP contribution is -2.56. The summed E-state index contributed by atoms with van der Waals surface area (Å²) in [6, 6.07) is 0. The fraction of sp³-hybridized carbons (Fsp3) is 0.806. The van der Waals surface area contributed by atoms with Crippen molar-refractivity contribution in [2.75, 3.05) is 13.9 Å². The van der Waals surface area contributed by atoms with E-state index in [-0.39, 0.29) is 23.7 Å². The van der Waals surface area contributed by atoms with E-state index in [0.29, 0.717) is 29.0 Å². The molecular formula is C31H54O4Si. The highest BCUT2D eigenvalue weighted by Gasteiger charge is 2.63. The van der Waals surface area contributed by atoms with Crippen molar-refractivity contribution in [1.29, 1.82) is 0 Å². The van der Waals surface area contributed by atoms with E-state index < -0.39 is 19.8 Å². The molecule has 0 saturated heterocycles. The second kappa shape index (κ2) is 10.4. The molecule has 0 amide bonds. The van der Waals surface area contributed by atoms with Crippen molar-refractivity contribution < 1.29 is 19.0 Å². The molecule has 36 heavy (non-hydrogen) atoms. The van der Waals surface area contributed by atoms with Gasteiger partial charge in [-0.2, -0.15) is 0 Å². The van der Waals surface area contributed by atoms with Gasteiger partial charge in [-0.3, -0.25) is 0 Å². The molecule has 0 aromatic heterocycles. The van der Waals surface area contributed by atoms with Gasteiger partial charge in [0, 0.05) is 29.8 Å². The van der Waals surface area contributed by atoms with Gasteiger partial charge in [0.25, 0.3) is 8.32 Å². The van der Waals surface area contributed by atoms with Gasteiger partial charge in [0.1, 0.15) is 6.79 Å². The predicted molar refractivity (Wildman–Crippen MR) is 152 cm³/mol. The van der Waals surface area contributed by atoms with Crippen LogP contribution in [0.4, 0.5) is 0 Å². The molecule has 3 aliphatic rings. The Kier molecular flexibility index (Phi) is 8.53. The van der Waals surface area contributed by atoms with Crippen molar-refractivity contribution in [3.05, 3.63) is 36.1 Å². The molecule has 0 aliphatic heterocycles. The maximum atomic E-state index is 12.1. The zero-order valence-corrected chi connectivity index (χ0v) is 25.9. The Hall–Kier alpha value is -0.883. The standard InChI is InChI=1S/C31H54O4Si/c1-13-29(10)18-26(32)30(11)23(8)14-16-31(24(9)28(29)34-19-33-12)17-15-25(27(30)31)35-36(20(2)3,21(4)5)22(6)7/h13,20-23,26,28,32H,1,9,14-19H2,2-8,10-12H3/t23-,26-,28+,29-,30+,31+/m1/s1. The molecule has 2 saturated carbocycles. The molecular weight excluding hydrogens is 464 g/mol. The van der Waals surface area contributed by atoms with Crippen LogP contribution in [0.25, 0.3) is 0 Å². The number of methoxy groups -OCH3 is 1. The fourth-order valence-corrected chi connectivity index (χ4v) is 13.9. The van der Waals surface area contributed by atoms with E-state index in [2.05, 4.69) is 68.9 Å². The van der Waals surface area contributed by atoms with E-state index >= 15 is 0 Å². The molecule has 0 aromatic carbocycles. The van der Waals surface area contributed by atoms with Gasteiger partial charge in [0.05, 0.1) is 18.0 Å². The molecule has 0 heterocycles. The summed E-state index contributed by atoms with van der Waals surface area (Å²) in [6.07, 6.45) is 5.70. The third-order valence-corrected chi connectivity index (χ3v) is 16.8. The second-order valence-electron chi connectivity index (χ2n) is 13.4. The van der Waals surface area contributed by atoms with E-state index in [4.69, 9.17) is 20.5 Å². The van der Waals surface area contributed by atoms with Crippen LogP contribution in [-0.2, 0) is 13.9 Å². The molecule has 3 rings (SSSR count). The van der Waals surface area contributed by atoms with Crippen LogP contribution in [0.1, 0.15) is 94.4 Å². The number of aliphatic hydroxyl groups is 1. The summed E-state index contributed by atoms with van der Waals surface area (Å²) < 4.78 is 19.2. The molecule has 0 unspecified atom stereocenters. The van der Waals surface area contributed by atoms with E-state index in [9.17, 15) is 5.11 Å². The van der Waals surface area contributed by atoms with Crippen LogP contribution >= 0.6 is 0 Å². The molecule has 6 atom stereocenters. The first-order valence-electron chi connectivity index (χ1n) is 14.2. The van der Waals surface area contributed by atoms with Crippen LogP contribution in [0, 0.1) is 22.2 Å². The van der Waals surface area contributed by atoms with Crippen molar-refractivity contribution in [2.45, 2.75) is 123 Å². The summed E-state index contributed by atoms with van der Waals surface area (Å²) in [7, 11) is -0.501. The van der Waals surface area contributed by atoms with Gasteiger partial charge >= 0.3 is 0 Å². The van der Waals surface area contributed by atoms with Gasteiger partial charge < -0.3 is 19.0 Å². The average molecular weight is 519 g/mol. The Morgan fingerprint density at radius 2 is 1.67 bits per heavy atom. The Morgan fingerprint density at radius 3 is 2.17 bits per heavy atom. The first-order chi connectivity index (χ1) is 16.7. The summed E-state index contributed by atoms with van der Waals surface area (Å²) in [5.41, 5.74) is 2.89. The summed E-state index contributed by atoms with van der Waals surface area (Å²) in [4.78, 5) is 0. The quantitative estimate of drug-likeness (QED) is 0.190. The minimum absolute atomic E-state index is 0.194. The number of aliphatic hydroxyl groups excluding tert-OH is 1. The fourth-order valence-electron chi connectivity index (χ4n) is 8.57. The SMILES string of the molecule is C=C[C@]1(C)C[C@@H](O)[C@@]2(C)C3=C(O[Si](C(C)C)(C(C)C)C(C)C)CC[C@@]3(CC[C@H]2C)C(=C)[C@@H]1OCOC. The summed E-state index contributed by atoms with van der Waals surface area (Å²) in [5.74, 6) is 1.51. The average Bonchev–Trinajstić information content (AvgIpc) is 3.18. The molecule has 5 heteroatoms. The van der Waals surface area contributed by atoms with Gasteiger partial charge in [-0.15, -0.1) is 6.58 Å². The predicted octanol–water partition coefficient (Wildman–Crippen LogP) is 8.15. The van der Waals surface area contributed by atoms with Gasteiger partial charge in [-0.25, -0.2) is 0 Å². The minimum atomic E-state index is -2.16. The smallest absolute Gasteiger partial charge is 0.258 e. The van der Waals surface area contributed by atoms with Gasteiger partial charge in [-0.05, 0) is 59.4 Å². The first-order valence-corrected chi connectivity index (χ1v) is 16.4. The van der Waals surface area contributed by atoms with E-state index in [1.165, 1.54) is 11.3 Å². The molecule has 2 fully saturated rings. The molecule has 0 radical (unpaired) electrons. The highest BCUT2D eigenvalue weighted by Crippen LogP contribution is 2.68. The normalized spacial score (nSPS) is 37.4. The van der Waals surface area contributed by atoms with E-state index in [1.807, 2.05) is 6.08 Å². The molecule has 206 valence electrons. The summed E-state index contributed by atoms with van der Waals surface area (Å²) >= 11 is 0. The monoisotopic (exact) mass is 518 g/mol. The van der Waals surface area contributed by atoms with Crippen molar-refractivity contribution in [3.8, 4) is 0 Å². The Balaban J connectivity index is 2.30. The molecule has 1 N–H and O–H groups in total. The van der Waals surface area contributed by atoms with Gasteiger partial charge in [0.15, 0.2) is 0 Å². The van der Waals surface area contributed by atoms with Gasteiger partial charge in [0.2, 0.25) is 0 Å². The number of hydrogen-bond donors (Lipinski definition) is 1. The van der Waals surface area contributed by atoms with Crippen LogP contribution in [0.2, 0.25) is 16.6 Å². The van der Waals surface area contributed by atoms with Gasteiger partial charge in [-0.1, -0.05) is 75.0 Å². The molecule has 3 aliphatic carbocycles. The van der Waals surface area contributed by atoms with Crippen molar-refractivity contribution >= 4 is 8.32 Å². The van der Waals surface area contributed by atoms with Crippen molar-refractivity contribution in [1.82, 2.24) is 0 Å². The topological polar surface area (TPSA) is 47.9 Å². The number of ether oxygens (including phenoxy) is 2. The van der Waals surface area contributed by atoms with Crippen LogP contribution in [0.5, 0.6) is 0 Å². The summed E-state index contributed by atoms with van der Waals surface area (Å²) in [6.45, 7) is 30.0. The third kappa shape index (κ3) is 4.21. The number of rotatable bonds is 9. The highest BCUT2D eigenvalue weighted by atomic mass is 28.4. The lowest BCUT2D eigenvalue weighted by Gasteiger charge is -2.59. The first kappa shape index (κ1) is 29.7. The van der Waals surface area contributed by atoms with Crippen LogP contribution in [-0.4, -0.2) is 39.5 Å². The lowest BCUT2D eigenvalue weighted by molar-refractivity contribution is -0.124. The second-order valence-corrected chi connectivity index (χ2v) is 18.8. The van der Waals surface area contributed by atoms with E-state index in [0.717, 1.165) is 31.3 Å². The molecule has 0 aromatic rings. The lowest BCUT2D eigenvalue weighted by atomic mass is 9.47. The maximum Gasteiger partial charge on any atom is 0.258 e. The highest BCUT2D eigenvalue weighted by molar-refractivity contribution is 6.77. The largest absolute Gasteiger partial charge is 0.546 e. The molecule has 4 nitrogen and oxygen atoms in total. The number of allylic oxidation sites excluding steroid dienone is 1. The van der Waals surface area contributed by atoms with Crippen LogP contribution in [0.15, 0.2) is 36.1 Å². The van der Waals surface area contributed by atoms with Crippen molar-refractivity contribution in [2.24, 2.45) is 22.2 Å². The Bertz CT molecular complexity index is 854. The zero-order valence-electron chi connectivity index (χ0n) is 24.9. The Morgan fingerprint density at radius 1 is 1.08 bits per heavy atom. The van der Waals surface area contributed by atoms with Crippen LogP contribution in [0.3, 0.4) is 0 Å². The minimum Gasteiger partial charge on any atom is -0.546 e. The van der Waals surface area contributed by atoms with Crippen molar-refractivity contribution in [3.63, 3.8) is 0 Å². The van der Waals surface area contributed by atoms with E-state index in [1.54, 1.807) is 7.11 Å². The molecule has 0 spiro atoms.